The SMILES string of the molecule is CNC(=O)CNC(=O)CSCc1nnnn1C(C)C. The lowest BCUT2D eigenvalue weighted by Crippen LogP contribution is -2.36. The van der Waals surface area contributed by atoms with Gasteiger partial charge in [0.15, 0.2) is 5.82 Å². The van der Waals surface area contributed by atoms with Crippen molar-refractivity contribution in [1.29, 1.82) is 0 Å². The Balaban J connectivity index is 2.28. The molecule has 9 heteroatoms. The fourth-order valence-electron chi connectivity index (χ4n) is 1.26. The minimum absolute atomic E-state index is 0.000372. The summed E-state index contributed by atoms with van der Waals surface area (Å²) < 4.78 is 1.72. The number of rotatable bonds is 7. The molecule has 0 aromatic carbocycles. The van der Waals surface area contributed by atoms with Gasteiger partial charge in [-0.2, -0.15) is 0 Å². The minimum Gasteiger partial charge on any atom is -0.358 e. The number of nitrogens with one attached hydrogen (secondary N) is 2. The summed E-state index contributed by atoms with van der Waals surface area (Å²) in [4.78, 5) is 22.4. The topological polar surface area (TPSA) is 102 Å². The van der Waals surface area contributed by atoms with Gasteiger partial charge in [-0.3, -0.25) is 9.59 Å². The van der Waals surface area contributed by atoms with Gasteiger partial charge in [-0.1, -0.05) is 0 Å². The number of amides is 2. The van der Waals surface area contributed by atoms with Gasteiger partial charge in [0.05, 0.1) is 24.1 Å². The Kier molecular flexibility index (Phi) is 6.26. The number of nitrogens with zero attached hydrogens (tertiary/aromatic N) is 4. The first-order chi connectivity index (χ1) is 9.04. The summed E-state index contributed by atoms with van der Waals surface area (Å²) in [5.74, 6) is 1.15. The highest BCUT2D eigenvalue weighted by atomic mass is 32.2. The molecule has 0 saturated carbocycles. The van der Waals surface area contributed by atoms with E-state index in [0.29, 0.717) is 5.75 Å². The zero-order valence-electron chi connectivity index (χ0n) is 11.2. The zero-order chi connectivity index (χ0) is 14.3. The smallest absolute Gasteiger partial charge is 0.239 e. The highest BCUT2D eigenvalue weighted by Gasteiger charge is 2.10. The molecular weight excluding hydrogens is 268 g/mol. The van der Waals surface area contributed by atoms with E-state index in [0.717, 1.165) is 5.82 Å². The summed E-state index contributed by atoms with van der Waals surface area (Å²) in [7, 11) is 1.52. The Morgan fingerprint density at radius 3 is 2.74 bits per heavy atom. The van der Waals surface area contributed by atoms with Gasteiger partial charge in [0.2, 0.25) is 11.8 Å². The summed E-state index contributed by atoms with van der Waals surface area (Å²) >= 11 is 1.40. The van der Waals surface area contributed by atoms with Crippen molar-refractivity contribution < 1.29 is 9.59 Å². The monoisotopic (exact) mass is 286 g/mol. The Hall–Kier alpha value is -1.64. The fourth-order valence-corrected chi connectivity index (χ4v) is 2.02. The van der Waals surface area contributed by atoms with Crippen LogP contribution in [0.5, 0.6) is 0 Å². The average molecular weight is 286 g/mol. The molecule has 0 atom stereocenters. The maximum atomic E-state index is 11.4. The van der Waals surface area contributed by atoms with E-state index >= 15 is 0 Å². The number of carbonyl (C=O) groups is 2. The largest absolute Gasteiger partial charge is 0.358 e. The molecule has 0 spiro atoms. The van der Waals surface area contributed by atoms with Crippen LogP contribution in [-0.2, 0) is 15.3 Å². The minimum atomic E-state index is -0.220. The molecule has 1 aromatic heterocycles. The summed E-state index contributed by atoms with van der Waals surface area (Å²) in [6.07, 6.45) is 0. The number of carbonyl (C=O) groups excluding carboxylic acids is 2. The molecular formula is C10H18N6O2S. The van der Waals surface area contributed by atoms with Crippen LogP contribution in [0, 0.1) is 0 Å². The van der Waals surface area contributed by atoms with Crippen molar-refractivity contribution in [1.82, 2.24) is 30.8 Å². The number of thioether (sulfide) groups is 1. The third-order valence-electron chi connectivity index (χ3n) is 2.24. The third kappa shape index (κ3) is 5.25. The predicted octanol–water partition coefficient (Wildman–Crippen LogP) is -0.651. The van der Waals surface area contributed by atoms with Crippen molar-refractivity contribution in [3.63, 3.8) is 0 Å². The van der Waals surface area contributed by atoms with E-state index in [1.54, 1.807) is 4.68 Å². The highest BCUT2D eigenvalue weighted by molar-refractivity contribution is 7.99. The Morgan fingerprint density at radius 1 is 1.37 bits per heavy atom. The van der Waals surface area contributed by atoms with E-state index in [1.807, 2.05) is 13.8 Å². The van der Waals surface area contributed by atoms with Crippen LogP contribution in [0.4, 0.5) is 0 Å². The van der Waals surface area contributed by atoms with E-state index in [4.69, 9.17) is 0 Å². The number of tetrazole rings is 1. The molecule has 0 unspecified atom stereocenters. The van der Waals surface area contributed by atoms with E-state index in [9.17, 15) is 9.59 Å². The molecule has 0 saturated heterocycles. The molecule has 0 aliphatic rings. The van der Waals surface area contributed by atoms with Crippen LogP contribution in [0.2, 0.25) is 0 Å². The summed E-state index contributed by atoms with van der Waals surface area (Å²) in [6, 6.07) is 0.188. The summed E-state index contributed by atoms with van der Waals surface area (Å²) in [6.45, 7) is 3.97. The maximum Gasteiger partial charge on any atom is 0.239 e. The molecule has 0 fully saturated rings. The Morgan fingerprint density at radius 2 is 2.11 bits per heavy atom. The molecule has 2 amide bonds. The second kappa shape index (κ2) is 7.72. The lowest BCUT2D eigenvalue weighted by molar-refractivity contribution is -0.124. The van der Waals surface area contributed by atoms with Crippen molar-refractivity contribution >= 4 is 23.6 Å². The van der Waals surface area contributed by atoms with Gasteiger partial charge in [-0.25, -0.2) is 4.68 Å². The molecule has 106 valence electrons. The van der Waals surface area contributed by atoms with Crippen LogP contribution in [0.15, 0.2) is 0 Å². The molecule has 19 heavy (non-hydrogen) atoms. The zero-order valence-corrected chi connectivity index (χ0v) is 12.0. The summed E-state index contributed by atoms with van der Waals surface area (Å²) in [5.41, 5.74) is 0. The number of likely N-dealkylation sites (N-methyl/N-ethyl adjacent to an activating group) is 1. The van der Waals surface area contributed by atoms with Gasteiger partial charge in [0.1, 0.15) is 0 Å². The lowest BCUT2D eigenvalue weighted by atomic mass is 10.4. The lowest BCUT2D eigenvalue weighted by Gasteiger charge is -2.07. The fraction of sp³-hybridized carbons (Fsp3) is 0.700. The van der Waals surface area contributed by atoms with Crippen molar-refractivity contribution in [3.05, 3.63) is 5.82 Å². The molecule has 1 heterocycles. The maximum absolute atomic E-state index is 11.4. The average Bonchev–Trinajstić information content (AvgIpc) is 2.84. The van der Waals surface area contributed by atoms with Crippen molar-refractivity contribution in [3.8, 4) is 0 Å². The number of aromatic nitrogens is 4. The van der Waals surface area contributed by atoms with Crippen LogP contribution < -0.4 is 10.6 Å². The Bertz CT molecular complexity index is 433. The molecule has 8 nitrogen and oxygen atoms in total. The quantitative estimate of drug-likeness (QED) is 0.690. The molecule has 0 radical (unpaired) electrons. The number of hydrogen-bond donors (Lipinski definition) is 2. The van der Waals surface area contributed by atoms with E-state index < -0.39 is 0 Å². The van der Waals surface area contributed by atoms with Gasteiger partial charge in [0, 0.05) is 7.05 Å². The number of hydrogen-bond acceptors (Lipinski definition) is 6. The van der Waals surface area contributed by atoms with Gasteiger partial charge >= 0.3 is 0 Å². The van der Waals surface area contributed by atoms with Crippen LogP contribution in [0.25, 0.3) is 0 Å². The van der Waals surface area contributed by atoms with E-state index in [-0.39, 0.29) is 30.2 Å². The first kappa shape index (κ1) is 15.4. The van der Waals surface area contributed by atoms with Gasteiger partial charge in [-0.15, -0.1) is 16.9 Å². The van der Waals surface area contributed by atoms with Gasteiger partial charge in [0.25, 0.3) is 0 Å². The van der Waals surface area contributed by atoms with Gasteiger partial charge in [-0.05, 0) is 24.3 Å². The molecule has 1 rings (SSSR count). The predicted molar refractivity (Wildman–Crippen MR) is 71.4 cm³/mol. The van der Waals surface area contributed by atoms with Crippen molar-refractivity contribution in [2.45, 2.75) is 25.6 Å². The molecule has 1 aromatic rings. The summed E-state index contributed by atoms with van der Waals surface area (Å²) in [5, 5.41) is 16.3. The van der Waals surface area contributed by atoms with Crippen molar-refractivity contribution in [2.24, 2.45) is 0 Å². The standard InChI is InChI=1S/C10H18N6O2S/c1-7(2)16-8(13-14-15-16)5-19-6-10(18)12-4-9(17)11-3/h7H,4-6H2,1-3H3,(H,11,17)(H,12,18). The van der Waals surface area contributed by atoms with Crippen LogP contribution >= 0.6 is 11.8 Å². The molecule has 0 aliphatic heterocycles. The van der Waals surface area contributed by atoms with Gasteiger partial charge < -0.3 is 10.6 Å². The third-order valence-corrected chi connectivity index (χ3v) is 3.17. The molecule has 0 aliphatic carbocycles. The van der Waals surface area contributed by atoms with E-state index in [2.05, 4.69) is 26.2 Å². The van der Waals surface area contributed by atoms with E-state index in [1.165, 1.54) is 18.8 Å². The molecule has 0 bridgehead atoms. The van der Waals surface area contributed by atoms with Crippen molar-refractivity contribution in [2.75, 3.05) is 19.3 Å². The molecule has 2 N–H and O–H groups in total. The van der Waals surface area contributed by atoms with Crippen LogP contribution in [-0.4, -0.2) is 51.4 Å². The highest BCUT2D eigenvalue weighted by Crippen LogP contribution is 2.11. The second-order valence-corrected chi connectivity index (χ2v) is 5.06. The van der Waals surface area contributed by atoms with Crippen LogP contribution in [0.1, 0.15) is 25.7 Å². The Labute approximate surface area is 115 Å². The second-order valence-electron chi connectivity index (χ2n) is 4.08. The normalized spacial score (nSPS) is 10.5. The first-order valence-electron chi connectivity index (χ1n) is 5.86. The van der Waals surface area contributed by atoms with Crippen LogP contribution in [0.3, 0.4) is 0 Å². The first-order valence-corrected chi connectivity index (χ1v) is 7.01.